The average Bonchev–Trinajstić information content (AvgIpc) is 2.67. The zero-order valence-corrected chi connectivity index (χ0v) is 15.0. The standard InChI is InChI=1S/C22H23NO3/c1-22-9-11-23(12-10-22)13-19(22)25-14-15-5-4-7-17-20(24)16-6-2-3-8-18(16)26-21(15)17/h2-8,19H,9-14H2,1H3. The summed E-state index contributed by atoms with van der Waals surface area (Å²) in [5.41, 5.74) is 2.53. The lowest BCUT2D eigenvalue weighted by molar-refractivity contribution is -0.124. The first-order valence-electron chi connectivity index (χ1n) is 9.41. The van der Waals surface area contributed by atoms with E-state index in [1.165, 1.54) is 25.9 Å². The molecule has 26 heavy (non-hydrogen) atoms. The summed E-state index contributed by atoms with van der Waals surface area (Å²) in [5, 5.41) is 1.26. The predicted octanol–water partition coefficient (Wildman–Crippen LogP) is 3.95. The third-order valence-corrected chi connectivity index (χ3v) is 6.32. The Morgan fingerprint density at radius 1 is 1.12 bits per heavy atom. The summed E-state index contributed by atoms with van der Waals surface area (Å²) in [6.45, 7) is 6.21. The number of hydrogen-bond acceptors (Lipinski definition) is 4. The Bertz CT molecular complexity index is 1030. The summed E-state index contributed by atoms with van der Waals surface area (Å²) < 4.78 is 12.5. The Labute approximate surface area is 152 Å². The highest BCUT2D eigenvalue weighted by atomic mass is 16.5. The van der Waals surface area contributed by atoms with Crippen LogP contribution in [0, 0.1) is 5.41 Å². The fourth-order valence-electron chi connectivity index (χ4n) is 4.46. The van der Waals surface area contributed by atoms with Gasteiger partial charge in [0.2, 0.25) is 5.43 Å². The van der Waals surface area contributed by atoms with Crippen molar-refractivity contribution in [1.29, 1.82) is 0 Å². The second kappa shape index (κ2) is 5.93. The fourth-order valence-corrected chi connectivity index (χ4v) is 4.46. The molecule has 0 N–H and O–H groups in total. The summed E-state index contributed by atoms with van der Waals surface area (Å²) >= 11 is 0. The molecule has 0 amide bonds. The molecule has 1 aromatic heterocycles. The number of para-hydroxylation sites is 2. The van der Waals surface area contributed by atoms with E-state index in [9.17, 15) is 4.79 Å². The van der Waals surface area contributed by atoms with Gasteiger partial charge in [0.15, 0.2) is 0 Å². The molecule has 134 valence electrons. The smallest absolute Gasteiger partial charge is 0.200 e. The number of ether oxygens (including phenoxy) is 1. The van der Waals surface area contributed by atoms with E-state index in [0.29, 0.717) is 28.5 Å². The Hall–Kier alpha value is -2.17. The van der Waals surface area contributed by atoms with E-state index >= 15 is 0 Å². The molecule has 0 aliphatic carbocycles. The Balaban J connectivity index is 1.50. The molecule has 0 radical (unpaired) electrons. The maximum absolute atomic E-state index is 12.8. The van der Waals surface area contributed by atoms with Gasteiger partial charge in [-0.1, -0.05) is 31.2 Å². The van der Waals surface area contributed by atoms with Gasteiger partial charge in [0.25, 0.3) is 0 Å². The third kappa shape index (κ3) is 2.48. The Morgan fingerprint density at radius 3 is 2.69 bits per heavy atom. The van der Waals surface area contributed by atoms with E-state index < -0.39 is 0 Å². The van der Waals surface area contributed by atoms with Gasteiger partial charge >= 0.3 is 0 Å². The van der Waals surface area contributed by atoms with Gasteiger partial charge in [-0.25, -0.2) is 0 Å². The van der Waals surface area contributed by atoms with Gasteiger partial charge in [-0.3, -0.25) is 4.79 Å². The summed E-state index contributed by atoms with van der Waals surface area (Å²) in [4.78, 5) is 15.3. The molecule has 1 unspecified atom stereocenters. The molecule has 2 bridgehead atoms. The summed E-state index contributed by atoms with van der Waals surface area (Å²) in [7, 11) is 0. The SMILES string of the molecule is CC12CCN(CC1)CC2OCc1cccc2c(=O)c3ccccc3oc12. The van der Waals surface area contributed by atoms with Gasteiger partial charge in [0.05, 0.1) is 23.5 Å². The molecule has 3 aromatic rings. The van der Waals surface area contributed by atoms with Crippen LogP contribution in [0.2, 0.25) is 0 Å². The van der Waals surface area contributed by atoms with Crippen LogP contribution in [0.1, 0.15) is 25.3 Å². The Kier molecular flexibility index (Phi) is 3.66. The van der Waals surface area contributed by atoms with Crippen molar-refractivity contribution in [3.8, 4) is 0 Å². The lowest BCUT2D eigenvalue weighted by atomic mass is 9.71. The maximum atomic E-state index is 12.8. The van der Waals surface area contributed by atoms with E-state index in [1.54, 1.807) is 0 Å². The molecule has 3 aliphatic rings. The van der Waals surface area contributed by atoms with Crippen molar-refractivity contribution >= 4 is 21.9 Å². The van der Waals surface area contributed by atoms with E-state index in [4.69, 9.17) is 9.15 Å². The van der Waals surface area contributed by atoms with Gasteiger partial charge < -0.3 is 14.1 Å². The van der Waals surface area contributed by atoms with Crippen LogP contribution in [0.25, 0.3) is 21.9 Å². The minimum atomic E-state index is 0.0264. The molecule has 2 aromatic carbocycles. The molecule has 0 spiro atoms. The third-order valence-electron chi connectivity index (χ3n) is 6.32. The van der Waals surface area contributed by atoms with Crippen molar-refractivity contribution in [2.75, 3.05) is 19.6 Å². The number of benzene rings is 2. The highest BCUT2D eigenvalue weighted by molar-refractivity contribution is 5.90. The van der Waals surface area contributed by atoms with Crippen LogP contribution in [0.3, 0.4) is 0 Å². The topological polar surface area (TPSA) is 42.7 Å². The van der Waals surface area contributed by atoms with Crippen molar-refractivity contribution in [3.05, 3.63) is 58.3 Å². The first kappa shape index (κ1) is 16.0. The molecule has 4 heterocycles. The van der Waals surface area contributed by atoms with Crippen LogP contribution in [-0.4, -0.2) is 30.6 Å². The first-order valence-corrected chi connectivity index (χ1v) is 9.41. The number of rotatable bonds is 3. The van der Waals surface area contributed by atoms with Crippen molar-refractivity contribution in [1.82, 2.24) is 4.90 Å². The minimum Gasteiger partial charge on any atom is -0.455 e. The summed E-state index contributed by atoms with van der Waals surface area (Å²) in [6.07, 6.45) is 2.65. The van der Waals surface area contributed by atoms with E-state index in [2.05, 4.69) is 11.8 Å². The molecule has 4 nitrogen and oxygen atoms in total. The van der Waals surface area contributed by atoms with Crippen LogP contribution in [0.5, 0.6) is 0 Å². The molecule has 6 rings (SSSR count). The number of nitrogens with zero attached hydrogens (tertiary/aromatic N) is 1. The minimum absolute atomic E-state index is 0.0264. The zero-order valence-electron chi connectivity index (χ0n) is 15.0. The molecule has 3 fully saturated rings. The van der Waals surface area contributed by atoms with Crippen LogP contribution in [-0.2, 0) is 11.3 Å². The molecule has 4 heteroatoms. The lowest BCUT2D eigenvalue weighted by Gasteiger charge is -2.51. The van der Waals surface area contributed by atoms with Crippen molar-refractivity contribution in [2.24, 2.45) is 5.41 Å². The molecular formula is C22H23NO3. The molecular weight excluding hydrogens is 326 g/mol. The van der Waals surface area contributed by atoms with Crippen molar-refractivity contribution in [3.63, 3.8) is 0 Å². The molecule has 3 aliphatic heterocycles. The highest BCUT2D eigenvalue weighted by Gasteiger charge is 2.44. The second-order valence-corrected chi connectivity index (χ2v) is 7.98. The summed E-state index contributed by atoms with van der Waals surface area (Å²) in [6, 6.07) is 13.2. The number of fused-ring (bicyclic) bond motifs is 5. The lowest BCUT2D eigenvalue weighted by Crippen LogP contribution is -2.57. The van der Waals surface area contributed by atoms with Gasteiger partial charge in [-0.15, -0.1) is 0 Å². The van der Waals surface area contributed by atoms with Crippen LogP contribution >= 0.6 is 0 Å². The Morgan fingerprint density at radius 2 is 1.88 bits per heavy atom. The monoisotopic (exact) mass is 349 g/mol. The van der Waals surface area contributed by atoms with Crippen molar-refractivity contribution in [2.45, 2.75) is 32.5 Å². The maximum Gasteiger partial charge on any atom is 0.200 e. The highest BCUT2D eigenvalue weighted by Crippen LogP contribution is 2.41. The van der Waals surface area contributed by atoms with E-state index in [0.717, 1.165) is 12.1 Å². The zero-order chi connectivity index (χ0) is 17.7. The fraction of sp³-hybridized carbons (Fsp3) is 0.409. The molecule has 3 saturated heterocycles. The molecule has 0 saturated carbocycles. The summed E-state index contributed by atoms with van der Waals surface area (Å²) in [5.74, 6) is 0. The van der Waals surface area contributed by atoms with Crippen LogP contribution < -0.4 is 5.43 Å². The average molecular weight is 349 g/mol. The predicted molar refractivity (Wildman–Crippen MR) is 102 cm³/mol. The van der Waals surface area contributed by atoms with Gasteiger partial charge in [0, 0.05) is 12.1 Å². The van der Waals surface area contributed by atoms with E-state index in [1.807, 2.05) is 42.5 Å². The quantitative estimate of drug-likeness (QED) is 0.672. The van der Waals surface area contributed by atoms with Gasteiger partial charge in [-0.05, 0) is 49.5 Å². The number of hydrogen-bond donors (Lipinski definition) is 0. The largest absolute Gasteiger partial charge is 0.455 e. The first-order chi connectivity index (χ1) is 12.6. The van der Waals surface area contributed by atoms with Gasteiger partial charge in [0.1, 0.15) is 11.2 Å². The second-order valence-electron chi connectivity index (χ2n) is 7.98. The van der Waals surface area contributed by atoms with E-state index in [-0.39, 0.29) is 16.9 Å². The normalized spacial score (nSPS) is 28.0. The van der Waals surface area contributed by atoms with Crippen molar-refractivity contribution < 1.29 is 9.15 Å². The van der Waals surface area contributed by atoms with Crippen LogP contribution in [0.4, 0.5) is 0 Å². The van der Waals surface area contributed by atoms with Gasteiger partial charge in [-0.2, -0.15) is 0 Å². The van der Waals surface area contributed by atoms with Crippen LogP contribution in [0.15, 0.2) is 51.7 Å². The number of piperidine rings is 3. The molecule has 1 atom stereocenters.